The molecular weight excluding hydrogens is 222 g/mol. The summed E-state index contributed by atoms with van der Waals surface area (Å²) in [6.07, 6.45) is 3.48. The van der Waals surface area contributed by atoms with Crippen LogP contribution < -0.4 is 0 Å². The molecule has 1 aromatic carbocycles. The number of hydroxylamine groups is 2. The topological polar surface area (TPSA) is 12.5 Å². The average molecular weight is 240 g/mol. The number of alkyl halides is 1. The number of hydrogen-bond acceptors (Lipinski definition) is 2. The lowest BCUT2D eigenvalue weighted by Gasteiger charge is -2.20. The number of rotatable bonds is 3. The molecule has 1 aliphatic heterocycles. The SMILES string of the molecule is ClCN1CC(Cc2ccccc2)CCCO1. The van der Waals surface area contributed by atoms with E-state index in [-0.39, 0.29) is 0 Å². The minimum absolute atomic E-state index is 0.464. The van der Waals surface area contributed by atoms with Crippen LogP contribution in [-0.2, 0) is 11.3 Å². The third-order valence-corrected chi connectivity index (χ3v) is 3.26. The fourth-order valence-corrected chi connectivity index (χ4v) is 2.36. The van der Waals surface area contributed by atoms with Gasteiger partial charge in [0, 0.05) is 6.54 Å². The van der Waals surface area contributed by atoms with Crippen LogP contribution in [0.15, 0.2) is 30.3 Å². The van der Waals surface area contributed by atoms with Gasteiger partial charge in [-0.15, -0.1) is 11.6 Å². The minimum atomic E-state index is 0.464. The Morgan fingerprint density at radius 1 is 1.31 bits per heavy atom. The van der Waals surface area contributed by atoms with Crippen LogP contribution >= 0.6 is 11.6 Å². The second kappa shape index (κ2) is 6.24. The first-order valence-electron chi connectivity index (χ1n) is 5.86. The summed E-state index contributed by atoms with van der Waals surface area (Å²) in [7, 11) is 0. The lowest BCUT2D eigenvalue weighted by Crippen LogP contribution is -2.27. The molecule has 1 atom stereocenters. The molecule has 0 saturated carbocycles. The second-order valence-corrected chi connectivity index (χ2v) is 4.55. The molecule has 0 amide bonds. The largest absolute Gasteiger partial charge is 0.298 e. The summed E-state index contributed by atoms with van der Waals surface area (Å²) < 4.78 is 0. The first-order chi connectivity index (χ1) is 7.88. The van der Waals surface area contributed by atoms with E-state index in [1.807, 2.05) is 5.06 Å². The molecule has 1 heterocycles. The van der Waals surface area contributed by atoms with E-state index in [1.54, 1.807) is 0 Å². The number of nitrogens with zero attached hydrogens (tertiary/aromatic N) is 1. The summed E-state index contributed by atoms with van der Waals surface area (Å²) in [5, 5.41) is 1.88. The third-order valence-electron chi connectivity index (χ3n) is 2.99. The third kappa shape index (κ3) is 3.48. The zero-order valence-electron chi connectivity index (χ0n) is 9.44. The standard InChI is InChI=1S/C13H18ClNO/c14-11-15-10-13(7-4-8-16-15)9-12-5-2-1-3-6-12/h1-3,5-6,13H,4,7-11H2. The Labute approximate surface area is 102 Å². The Hall–Kier alpha value is -0.570. The zero-order chi connectivity index (χ0) is 11.2. The van der Waals surface area contributed by atoms with Gasteiger partial charge in [0.05, 0.1) is 12.6 Å². The molecule has 0 radical (unpaired) electrons. The molecule has 1 aromatic rings. The zero-order valence-corrected chi connectivity index (χ0v) is 10.2. The Kier molecular flexibility index (Phi) is 4.64. The predicted molar refractivity (Wildman–Crippen MR) is 66.2 cm³/mol. The molecule has 0 aliphatic carbocycles. The van der Waals surface area contributed by atoms with Gasteiger partial charge in [0.25, 0.3) is 0 Å². The maximum absolute atomic E-state index is 5.82. The molecule has 2 rings (SSSR count). The van der Waals surface area contributed by atoms with Gasteiger partial charge in [0.2, 0.25) is 0 Å². The van der Waals surface area contributed by atoms with Gasteiger partial charge in [-0.1, -0.05) is 30.3 Å². The maximum atomic E-state index is 5.82. The first-order valence-corrected chi connectivity index (χ1v) is 6.39. The molecule has 1 fully saturated rings. The van der Waals surface area contributed by atoms with Crippen molar-refractivity contribution in [2.24, 2.45) is 5.92 Å². The summed E-state index contributed by atoms with van der Waals surface area (Å²) in [5.74, 6) is 0.656. The average Bonchev–Trinajstić information content (AvgIpc) is 2.55. The van der Waals surface area contributed by atoms with Crippen LogP contribution in [0.2, 0.25) is 0 Å². The van der Waals surface area contributed by atoms with Crippen LogP contribution in [0.25, 0.3) is 0 Å². The summed E-state index contributed by atoms with van der Waals surface area (Å²) in [6.45, 7) is 1.75. The highest BCUT2D eigenvalue weighted by Gasteiger charge is 2.18. The molecular formula is C13H18ClNO. The van der Waals surface area contributed by atoms with Crippen LogP contribution in [0.5, 0.6) is 0 Å². The van der Waals surface area contributed by atoms with Gasteiger partial charge in [0.15, 0.2) is 0 Å². The van der Waals surface area contributed by atoms with E-state index in [4.69, 9.17) is 16.4 Å². The van der Waals surface area contributed by atoms with Crippen LogP contribution in [0, 0.1) is 5.92 Å². The highest BCUT2D eigenvalue weighted by atomic mass is 35.5. The second-order valence-electron chi connectivity index (χ2n) is 4.32. The van der Waals surface area contributed by atoms with Gasteiger partial charge in [-0.05, 0) is 30.7 Å². The number of halogens is 1. The first kappa shape index (κ1) is 11.9. The molecule has 16 heavy (non-hydrogen) atoms. The van der Waals surface area contributed by atoms with Crippen molar-refractivity contribution in [3.63, 3.8) is 0 Å². The normalized spacial score (nSPS) is 22.9. The van der Waals surface area contributed by atoms with Gasteiger partial charge in [0.1, 0.15) is 0 Å². The van der Waals surface area contributed by atoms with E-state index in [2.05, 4.69) is 30.3 Å². The van der Waals surface area contributed by atoms with Crippen molar-refractivity contribution in [2.45, 2.75) is 19.3 Å². The molecule has 3 heteroatoms. The molecule has 0 spiro atoms. The summed E-state index contributed by atoms with van der Waals surface area (Å²) >= 11 is 5.82. The highest BCUT2D eigenvalue weighted by molar-refractivity contribution is 6.17. The van der Waals surface area contributed by atoms with E-state index in [9.17, 15) is 0 Å². The van der Waals surface area contributed by atoms with Crippen molar-refractivity contribution in [2.75, 3.05) is 19.2 Å². The monoisotopic (exact) mass is 239 g/mol. The summed E-state index contributed by atoms with van der Waals surface area (Å²) in [6, 6.07) is 11.1. The molecule has 0 N–H and O–H groups in total. The molecule has 88 valence electrons. The fourth-order valence-electron chi connectivity index (χ4n) is 2.19. The van der Waals surface area contributed by atoms with Gasteiger partial charge >= 0.3 is 0 Å². The van der Waals surface area contributed by atoms with Crippen LogP contribution in [0.3, 0.4) is 0 Å². The molecule has 2 nitrogen and oxygen atoms in total. The molecule has 1 saturated heterocycles. The van der Waals surface area contributed by atoms with E-state index in [1.165, 1.54) is 12.0 Å². The Morgan fingerprint density at radius 3 is 2.88 bits per heavy atom. The van der Waals surface area contributed by atoms with Gasteiger partial charge < -0.3 is 0 Å². The smallest absolute Gasteiger partial charge is 0.0983 e. The summed E-state index contributed by atoms with van der Waals surface area (Å²) in [4.78, 5) is 5.52. The number of hydrogen-bond donors (Lipinski definition) is 0. The molecule has 1 aliphatic rings. The lowest BCUT2D eigenvalue weighted by molar-refractivity contribution is -0.142. The molecule has 0 aromatic heterocycles. The van der Waals surface area contributed by atoms with E-state index in [0.717, 1.165) is 26.0 Å². The van der Waals surface area contributed by atoms with Gasteiger partial charge in [-0.3, -0.25) is 4.84 Å². The van der Waals surface area contributed by atoms with Crippen molar-refractivity contribution >= 4 is 11.6 Å². The molecule has 0 bridgehead atoms. The number of benzene rings is 1. The van der Waals surface area contributed by atoms with E-state index < -0.39 is 0 Å². The lowest BCUT2D eigenvalue weighted by atomic mass is 9.95. The van der Waals surface area contributed by atoms with Crippen molar-refractivity contribution in [3.05, 3.63) is 35.9 Å². The van der Waals surface area contributed by atoms with Crippen LogP contribution in [0.4, 0.5) is 0 Å². The van der Waals surface area contributed by atoms with Crippen molar-refractivity contribution in [1.29, 1.82) is 0 Å². The van der Waals surface area contributed by atoms with Crippen LogP contribution in [-0.4, -0.2) is 24.2 Å². The Morgan fingerprint density at radius 2 is 2.12 bits per heavy atom. The Balaban J connectivity index is 1.93. The van der Waals surface area contributed by atoms with Crippen LogP contribution in [0.1, 0.15) is 18.4 Å². The van der Waals surface area contributed by atoms with Gasteiger partial charge in [-0.2, -0.15) is 5.06 Å². The van der Waals surface area contributed by atoms with E-state index >= 15 is 0 Å². The molecule has 1 unspecified atom stereocenters. The minimum Gasteiger partial charge on any atom is -0.298 e. The predicted octanol–water partition coefficient (Wildman–Crippen LogP) is 3.07. The van der Waals surface area contributed by atoms with E-state index in [0.29, 0.717) is 11.9 Å². The van der Waals surface area contributed by atoms with Crippen molar-refractivity contribution in [1.82, 2.24) is 5.06 Å². The Bertz CT molecular complexity index is 304. The van der Waals surface area contributed by atoms with Crippen molar-refractivity contribution < 1.29 is 4.84 Å². The quantitative estimate of drug-likeness (QED) is 0.594. The van der Waals surface area contributed by atoms with Gasteiger partial charge in [-0.25, -0.2) is 0 Å². The summed E-state index contributed by atoms with van der Waals surface area (Å²) in [5.41, 5.74) is 1.41. The fraction of sp³-hybridized carbons (Fsp3) is 0.538. The maximum Gasteiger partial charge on any atom is 0.0983 e. The van der Waals surface area contributed by atoms with Crippen molar-refractivity contribution in [3.8, 4) is 0 Å². The highest BCUT2D eigenvalue weighted by Crippen LogP contribution is 2.19.